The van der Waals surface area contributed by atoms with Crippen LogP contribution < -0.4 is 14.5 Å². The minimum absolute atomic E-state index is 0.0503. The molecule has 0 saturated heterocycles. The maximum absolute atomic E-state index is 12.7. The number of fused-ring (bicyclic) bond motifs is 2. The number of hydrogen-bond donors (Lipinski definition) is 0. The van der Waals surface area contributed by atoms with Crippen LogP contribution in [0.2, 0.25) is 0 Å². The van der Waals surface area contributed by atoms with E-state index in [0.717, 1.165) is 17.8 Å². The topological polar surface area (TPSA) is 49.9 Å². The van der Waals surface area contributed by atoms with Gasteiger partial charge >= 0.3 is 0 Å². The Morgan fingerprint density at radius 1 is 1.12 bits per heavy atom. The van der Waals surface area contributed by atoms with E-state index >= 15 is 0 Å². The van der Waals surface area contributed by atoms with Gasteiger partial charge in [-0.05, 0) is 37.1 Å². The van der Waals surface area contributed by atoms with Crippen LogP contribution in [0.3, 0.4) is 0 Å². The lowest BCUT2D eigenvalue weighted by atomic mass is 10.1. The van der Waals surface area contributed by atoms with Crippen molar-refractivity contribution in [2.45, 2.75) is 25.9 Å². The summed E-state index contributed by atoms with van der Waals surface area (Å²) in [4.78, 5) is 28.7. The van der Waals surface area contributed by atoms with Crippen molar-refractivity contribution in [1.82, 2.24) is 0 Å². The van der Waals surface area contributed by atoms with Crippen LogP contribution in [-0.4, -0.2) is 31.0 Å². The Labute approximate surface area is 146 Å². The molecule has 5 nitrogen and oxygen atoms in total. The van der Waals surface area contributed by atoms with E-state index in [0.29, 0.717) is 25.3 Å². The highest BCUT2D eigenvalue weighted by Gasteiger charge is 2.32. The minimum Gasteiger partial charge on any atom is -0.479 e. The SMILES string of the molecule is CC1Oc2ccccc2N(CCC(=O)N2CCc3ccccc32)C1=O. The zero-order chi connectivity index (χ0) is 17.4. The molecule has 2 heterocycles. The molecule has 0 bridgehead atoms. The fraction of sp³-hybridized carbons (Fsp3) is 0.300. The molecule has 1 atom stereocenters. The number of hydrogen-bond acceptors (Lipinski definition) is 3. The van der Waals surface area contributed by atoms with Crippen LogP contribution in [0.4, 0.5) is 11.4 Å². The van der Waals surface area contributed by atoms with E-state index in [1.165, 1.54) is 5.56 Å². The van der Waals surface area contributed by atoms with Gasteiger partial charge in [0.25, 0.3) is 5.91 Å². The molecule has 0 aliphatic carbocycles. The van der Waals surface area contributed by atoms with Gasteiger partial charge in [-0.1, -0.05) is 30.3 Å². The summed E-state index contributed by atoms with van der Waals surface area (Å²) >= 11 is 0. The molecule has 2 aliphatic heterocycles. The van der Waals surface area contributed by atoms with Gasteiger partial charge in [-0.15, -0.1) is 0 Å². The number of carbonyl (C=O) groups excluding carboxylic acids is 2. The second-order valence-corrected chi connectivity index (χ2v) is 6.39. The molecule has 0 N–H and O–H groups in total. The maximum Gasteiger partial charge on any atom is 0.267 e. The van der Waals surface area contributed by atoms with E-state index in [2.05, 4.69) is 6.07 Å². The van der Waals surface area contributed by atoms with Crippen molar-refractivity contribution < 1.29 is 14.3 Å². The second-order valence-electron chi connectivity index (χ2n) is 6.39. The number of nitrogens with zero attached hydrogens (tertiary/aromatic N) is 2. The van der Waals surface area contributed by atoms with Crippen LogP contribution in [0.15, 0.2) is 48.5 Å². The van der Waals surface area contributed by atoms with Crippen LogP contribution in [0.25, 0.3) is 0 Å². The molecule has 4 rings (SSSR count). The fourth-order valence-corrected chi connectivity index (χ4v) is 3.53. The molecule has 1 unspecified atom stereocenters. The fourth-order valence-electron chi connectivity index (χ4n) is 3.53. The van der Waals surface area contributed by atoms with Crippen molar-refractivity contribution in [2.75, 3.05) is 22.9 Å². The van der Waals surface area contributed by atoms with Gasteiger partial charge in [0.1, 0.15) is 5.75 Å². The Morgan fingerprint density at radius 3 is 2.68 bits per heavy atom. The van der Waals surface area contributed by atoms with Gasteiger partial charge < -0.3 is 14.5 Å². The maximum atomic E-state index is 12.7. The molecule has 2 aromatic carbocycles. The second kappa shape index (κ2) is 6.24. The lowest BCUT2D eigenvalue weighted by molar-refractivity contribution is -0.125. The van der Waals surface area contributed by atoms with Crippen molar-refractivity contribution in [3.8, 4) is 5.75 Å². The van der Waals surface area contributed by atoms with Crippen molar-refractivity contribution in [3.63, 3.8) is 0 Å². The largest absolute Gasteiger partial charge is 0.479 e. The molecule has 25 heavy (non-hydrogen) atoms. The Kier molecular flexibility index (Phi) is 3.92. The van der Waals surface area contributed by atoms with Gasteiger partial charge in [0, 0.05) is 25.2 Å². The molecule has 0 radical (unpaired) electrons. The third kappa shape index (κ3) is 2.76. The van der Waals surface area contributed by atoms with E-state index in [4.69, 9.17) is 4.74 Å². The summed E-state index contributed by atoms with van der Waals surface area (Å²) in [6.07, 6.45) is 0.650. The van der Waals surface area contributed by atoms with Crippen LogP contribution in [0.1, 0.15) is 18.9 Å². The normalized spacial score (nSPS) is 18.6. The van der Waals surface area contributed by atoms with Crippen molar-refractivity contribution >= 4 is 23.2 Å². The predicted molar refractivity (Wildman–Crippen MR) is 96.0 cm³/mol. The molecule has 2 aromatic rings. The third-order valence-corrected chi connectivity index (χ3v) is 4.81. The smallest absolute Gasteiger partial charge is 0.267 e. The van der Waals surface area contributed by atoms with Gasteiger partial charge in [0.05, 0.1) is 5.69 Å². The van der Waals surface area contributed by atoms with Crippen LogP contribution in [0, 0.1) is 0 Å². The van der Waals surface area contributed by atoms with E-state index in [9.17, 15) is 9.59 Å². The van der Waals surface area contributed by atoms with Crippen LogP contribution in [-0.2, 0) is 16.0 Å². The van der Waals surface area contributed by atoms with E-state index in [1.807, 2.05) is 47.4 Å². The highest BCUT2D eigenvalue weighted by molar-refractivity contribution is 6.01. The Morgan fingerprint density at radius 2 is 1.84 bits per heavy atom. The first-order valence-corrected chi connectivity index (χ1v) is 8.60. The number of para-hydroxylation sites is 3. The average Bonchev–Trinajstić information content (AvgIpc) is 3.06. The zero-order valence-corrected chi connectivity index (χ0v) is 14.1. The third-order valence-electron chi connectivity index (χ3n) is 4.81. The molecule has 0 aromatic heterocycles. The Balaban J connectivity index is 1.50. The summed E-state index contributed by atoms with van der Waals surface area (Å²) in [6, 6.07) is 15.5. The lowest BCUT2D eigenvalue weighted by Gasteiger charge is -2.33. The summed E-state index contributed by atoms with van der Waals surface area (Å²) in [5.41, 5.74) is 2.94. The average molecular weight is 336 g/mol. The summed E-state index contributed by atoms with van der Waals surface area (Å²) < 4.78 is 5.64. The van der Waals surface area contributed by atoms with E-state index in [-0.39, 0.29) is 11.8 Å². The predicted octanol–water partition coefficient (Wildman–Crippen LogP) is 2.78. The zero-order valence-electron chi connectivity index (χ0n) is 14.1. The van der Waals surface area contributed by atoms with Gasteiger partial charge in [-0.2, -0.15) is 0 Å². The highest BCUT2D eigenvalue weighted by Crippen LogP contribution is 2.34. The van der Waals surface area contributed by atoms with Gasteiger partial charge in [-0.25, -0.2) is 0 Å². The highest BCUT2D eigenvalue weighted by atomic mass is 16.5. The number of anilines is 2. The number of rotatable bonds is 3. The first kappa shape index (κ1) is 15.7. The standard InChI is InChI=1S/C20H20N2O3/c1-14-20(24)22(17-8-4-5-9-18(17)25-14)13-11-19(23)21-12-10-15-6-2-3-7-16(15)21/h2-9,14H,10-13H2,1H3. The molecular formula is C20H20N2O3. The first-order chi connectivity index (χ1) is 12.1. The van der Waals surface area contributed by atoms with E-state index < -0.39 is 6.10 Å². The first-order valence-electron chi connectivity index (χ1n) is 8.60. The minimum atomic E-state index is -0.530. The van der Waals surface area contributed by atoms with Crippen molar-refractivity contribution in [3.05, 3.63) is 54.1 Å². The number of amides is 2. The Hall–Kier alpha value is -2.82. The molecule has 5 heteroatoms. The number of benzene rings is 2. The van der Waals surface area contributed by atoms with E-state index in [1.54, 1.807) is 11.8 Å². The summed E-state index contributed by atoms with van der Waals surface area (Å²) in [6.45, 7) is 2.81. The van der Waals surface area contributed by atoms with Crippen molar-refractivity contribution in [1.29, 1.82) is 0 Å². The Bertz CT molecular complexity index is 833. The molecule has 128 valence electrons. The number of carbonyl (C=O) groups is 2. The summed E-state index contributed by atoms with van der Waals surface area (Å²) in [7, 11) is 0. The van der Waals surface area contributed by atoms with Crippen LogP contribution >= 0.6 is 0 Å². The summed E-state index contributed by atoms with van der Waals surface area (Å²) in [5.74, 6) is 0.635. The molecule has 0 fully saturated rings. The van der Waals surface area contributed by atoms with Crippen molar-refractivity contribution in [2.24, 2.45) is 0 Å². The van der Waals surface area contributed by atoms with Gasteiger partial charge in [0.2, 0.25) is 5.91 Å². The van der Waals surface area contributed by atoms with Gasteiger partial charge in [0.15, 0.2) is 6.10 Å². The number of ether oxygens (including phenoxy) is 1. The molecule has 2 amide bonds. The molecule has 0 spiro atoms. The molecule has 0 saturated carbocycles. The summed E-state index contributed by atoms with van der Waals surface area (Å²) in [5, 5.41) is 0. The van der Waals surface area contributed by atoms with Crippen LogP contribution in [0.5, 0.6) is 5.75 Å². The quantitative estimate of drug-likeness (QED) is 0.866. The molecular weight excluding hydrogens is 316 g/mol. The monoisotopic (exact) mass is 336 g/mol. The van der Waals surface area contributed by atoms with Gasteiger partial charge in [-0.3, -0.25) is 9.59 Å². The lowest BCUT2D eigenvalue weighted by Crippen LogP contribution is -2.46. The molecule has 2 aliphatic rings.